The van der Waals surface area contributed by atoms with Crippen molar-refractivity contribution in [3.63, 3.8) is 0 Å². The highest BCUT2D eigenvalue weighted by molar-refractivity contribution is 6.04. The molecule has 3 nitrogen and oxygen atoms in total. The predicted molar refractivity (Wildman–Crippen MR) is 85.1 cm³/mol. The Hall–Kier alpha value is -1.12. The zero-order chi connectivity index (χ0) is 15.6. The Morgan fingerprint density at radius 2 is 1.71 bits per heavy atom. The van der Waals surface area contributed by atoms with Crippen molar-refractivity contribution in [1.29, 1.82) is 0 Å². The van der Waals surface area contributed by atoms with Crippen LogP contribution in [-0.4, -0.2) is 18.4 Å². The first-order valence-electron chi connectivity index (χ1n) is 8.49. The molecule has 0 aromatic carbocycles. The van der Waals surface area contributed by atoms with Crippen molar-refractivity contribution >= 4 is 11.8 Å². The molecule has 1 fully saturated rings. The van der Waals surface area contributed by atoms with Gasteiger partial charge >= 0.3 is 5.97 Å². The minimum absolute atomic E-state index is 0.0569. The van der Waals surface area contributed by atoms with Gasteiger partial charge in [0.25, 0.3) is 0 Å². The van der Waals surface area contributed by atoms with Crippen LogP contribution in [0.2, 0.25) is 0 Å². The van der Waals surface area contributed by atoms with Crippen molar-refractivity contribution < 1.29 is 14.3 Å². The summed E-state index contributed by atoms with van der Waals surface area (Å²) in [5, 5.41) is 0. The second kappa shape index (κ2) is 9.75. The standard InChI is InChI=1S/C18H30O3/c1-3-14-18(17(20)21-4-2)15-12-10-8-6-5-7-9-11-13-16(18)19/h3H,1,4-15H2,2H3. The fraction of sp³-hybridized carbons (Fsp3) is 0.778. The number of carbonyl (C=O) groups is 2. The Balaban J connectivity index is 2.89. The minimum atomic E-state index is -0.975. The lowest BCUT2D eigenvalue weighted by molar-refractivity contribution is -0.160. The van der Waals surface area contributed by atoms with E-state index in [0.717, 1.165) is 25.7 Å². The summed E-state index contributed by atoms with van der Waals surface area (Å²) in [5.74, 6) is -0.284. The molecule has 0 aromatic heterocycles. The number of hydrogen-bond donors (Lipinski definition) is 0. The third-order valence-electron chi connectivity index (χ3n) is 4.45. The summed E-state index contributed by atoms with van der Waals surface area (Å²) in [6, 6.07) is 0. The Bertz CT molecular complexity index is 348. The highest BCUT2D eigenvalue weighted by Gasteiger charge is 2.44. The quantitative estimate of drug-likeness (QED) is 0.432. The van der Waals surface area contributed by atoms with Gasteiger partial charge in [0.2, 0.25) is 0 Å². The Morgan fingerprint density at radius 3 is 2.29 bits per heavy atom. The lowest BCUT2D eigenvalue weighted by Crippen LogP contribution is -2.40. The topological polar surface area (TPSA) is 43.4 Å². The van der Waals surface area contributed by atoms with Crippen LogP contribution in [0.5, 0.6) is 0 Å². The number of ether oxygens (including phenoxy) is 1. The Kier molecular flexibility index (Phi) is 8.33. The van der Waals surface area contributed by atoms with E-state index in [2.05, 4.69) is 6.58 Å². The van der Waals surface area contributed by atoms with Gasteiger partial charge in [-0.05, 0) is 26.2 Å². The fourth-order valence-electron chi connectivity index (χ4n) is 3.18. The lowest BCUT2D eigenvalue weighted by atomic mass is 9.74. The molecule has 1 aliphatic carbocycles. The maximum Gasteiger partial charge on any atom is 0.319 e. The molecule has 0 heterocycles. The largest absolute Gasteiger partial charge is 0.465 e. The molecule has 0 spiro atoms. The van der Waals surface area contributed by atoms with Crippen LogP contribution in [0.15, 0.2) is 12.7 Å². The third kappa shape index (κ3) is 5.29. The lowest BCUT2D eigenvalue weighted by Gasteiger charge is -2.29. The first-order valence-corrected chi connectivity index (χ1v) is 8.49. The van der Waals surface area contributed by atoms with E-state index >= 15 is 0 Å². The number of hydrogen-bond acceptors (Lipinski definition) is 3. The zero-order valence-electron chi connectivity index (χ0n) is 13.5. The number of ketones is 1. The van der Waals surface area contributed by atoms with Crippen LogP contribution < -0.4 is 0 Å². The SMILES string of the molecule is C=CCC1(C(=O)OCC)CCCCCCCCCCC1=O. The number of carbonyl (C=O) groups excluding carboxylic acids is 2. The van der Waals surface area contributed by atoms with E-state index in [1.165, 1.54) is 25.7 Å². The molecule has 0 aromatic rings. The van der Waals surface area contributed by atoms with Crippen molar-refractivity contribution in [2.75, 3.05) is 6.61 Å². The molecule has 21 heavy (non-hydrogen) atoms. The molecule has 1 aliphatic rings. The molecular weight excluding hydrogens is 264 g/mol. The number of Topliss-reactive ketones (excluding diaryl/α,β-unsaturated/α-hetero) is 1. The van der Waals surface area contributed by atoms with Gasteiger partial charge in [-0.2, -0.15) is 0 Å². The maximum absolute atomic E-state index is 12.7. The summed E-state index contributed by atoms with van der Waals surface area (Å²) in [7, 11) is 0. The molecule has 1 atom stereocenters. The minimum Gasteiger partial charge on any atom is -0.465 e. The number of allylic oxidation sites excluding steroid dienone is 1. The van der Waals surface area contributed by atoms with E-state index < -0.39 is 5.41 Å². The summed E-state index contributed by atoms with van der Waals surface area (Å²) in [4.78, 5) is 25.2. The van der Waals surface area contributed by atoms with Gasteiger partial charge in [-0.3, -0.25) is 9.59 Å². The second-order valence-electron chi connectivity index (χ2n) is 6.05. The van der Waals surface area contributed by atoms with E-state index in [4.69, 9.17) is 4.74 Å². The van der Waals surface area contributed by atoms with Crippen LogP contribution in [0.4, 0.5) is 0 Å². The number of rotatable bonds is 4. The monoisotopic (exact) mass is 294 g/mol. The third-order valence-corrected chi connectivity index (χ3v) is 4.45. The van der Waals surface area contributed by atoms with Crippen molar-refractivity contribution in [1.82, 2.24) is 0 Å². The average molecular weight is 294 g/mol. The average Bonchev–Trinajstić information content (AvgIpc) is 2.46. The van der Waals surface area contributed by atoms with E-state index in [1.807, 2.05) is 0 Å². The molecule has 120 valence electrons. The van der Waals surface area contributed by atoms with Crippen LogP contribution in [-0.2, 0) is 14.3 Å². The van der Waals surface area contributed by atoms with Crippen LogP contribution in [0.3, 0.4) is 0 Å². The van der Waals surface area contributed by atoms with Gasteiger partial charge in [-0.25, -0.2) is 0 Å². The molecule has 0 saturated heterocycles. The summed E-state index contributed by atoms with van der Waals surface area (Å²) < 4.78 is 5.22. The maximum atomic E-state index is 12.7. The summed E-state index contributed by atoms with van der Waals surface area (Å²) in [6.07, 6.45) is 12.1. The van der Waals surface area contributed by atoms with Gasteiger partial charge in [0.15, 0.2) is 0 Å². The Labute approximate surface area is 129 Å². The first-order chi connectivity index (χ1) is 10.2. The highest BCUT2D eigenvalue weighted by atomic mass is 16.5. The van der Waals surface area contributed by atoms with Crippen molar-refractivity contribution in [2.45, 2.75) is 77.6 Å². The summed E-state index contributed by atoms with van der Waals surface area (Å²) in [6.45, 7) is 5.86. The summed E-state index contributed by atoms with van der Waals surface area (Å²) in [5.41, 5.74) is -0.975. The molecule has 3 heteroatoms. The first kappa shape index (κ1) is 17.9. The van der Waals surface area contributed by atoms with Crippen LogP contribution in [0.25, 0.3) is 0 Å². The van der Waals surface area contributed by atoms with Crippen LogP contribution >= 0.6 is 0 Å². The van der Waals surface area contributed by atoms with E-state index in [9.17, 15) is 9.59 Å². The zero-order valence-corrected chi connectivity index (χ0v) is 13.5. The molecule has 1 unspecified atom stereocenters. The van der Waals surface area contributed by atoms with Crippen LogP contribution in [0.1, 0.15) is 77.6 Å². The predicted octanol–water partition coefficient (Wildman–Crippen LogP) is 4.60. The van der Waals surface area contributed by atoms with Crippen molar-refractivity contribution in [3.05, 3.63) is 12.7 Å². The number of esters is 1. The van der Waals surface area contributed by atoms with Crippen LogP contribution in [0, 0.1) is 5.41 Å². The van der Waals surface area contributed by atoms with Crippen molar-refractivity contribution in [2.24, 2.45) is 5.41 Å². The smallest absolute Gasteiger partial charge is 0.319 e. The summed E-state index contributed by atoms with van der Waals surface area (Å²) >= 11 is 0. The fourth-order valence-corrected chi connectivity index (χ4v) is 3.18. The molecule has 1 rings (SSSR count). The normalized spacial score (nSPS) is 25.5. The molecule has 0 radical (unpaired) electrons. The van der Waals surface area contributed by atoms with E-state index in [0.29, 0.717) is 25.9 Å². The second-order valence-corrected chi connectivity index (χ2v) is 6.05. The van der Waals surface area contributed by atoms with Gasteiger partial charge in [0.1, 0.15) is 11.2 Å². The van der Waals surface area contributed by atoms with Crippen molar-refractivity contribution in [3.8, 4) is 0 Å². The molecule has 0 aliphatic heterocycles. The molecule has 1 saturated carbocycles. The molecule has 0 amide bonds. The Morgan fingerprint density at radius 1 is 1.14 bits per heavy atom. The van der Waals surface area contributed by atoms with Gasteiger partial charge < -0.3 is 4.74 Å². The molecule has 0 N–H and O–H groups in total. The molecular formula is C18H30O3. The van der Waals surface area contributed by atoms with Gasteiger partial charge in [0.05, 0.1) is 6.61 Å². The van der Waals surface area contributed by atoms with Gasteiger partial charge in [0, 0.05) is 6.42 Å². The molecule has 0 bridgehead atoms. The highest BCUT2D eigenvalue weighted by Crippen LogP contribution is 2.35. The van der Waals surface area contributed by atoms with Gasteiger partial charge in [-0.1, -0.05) is 51.0 Å². The van der Waals surface area contributed by atoms with E-state index in [1.54, 1.807) is 13.0 Å². The van der Waals surface area contributed by atoms with Gasteiger partial charge in [-0.15, -0.1) is 6.58 Å². The van der Waals surface area contributed by atoms with E-state index in [-0.39, 0.29) is 11.8 Å².